The van der Waals surface area contributed by atoms with Gasteiger partial charge in [-0.05, 0) is 38.3 Å². The molecule has 0 saturated heterocycles. The van der Waals surface area contributed by atoms with Crippen LogP contribution in [0, 0.1) is 0 Å². The third-order valence-electron chi connectivity index (χ3n) is 3.80. The molecule has 2 N–H and O–H groups in total. The predicted octanol–water partition coefficient (Wildman–Crippen LogP) is 2.76. The number of hydrogen-bond acceptors (Lipinski definition) is 3. The van der Waals surface area contributed by atoms with Crippen LogP contribution in [-0.2, 0) is 4.79 Å². The van der Waals surface area contributed by atoms with Gasteiger partial charge in [-0.1, -0.05) is 6.07 Å². The molecule has 0 aromatic heterocycles. The van der Waals surface area contributed by atoms with Gasteiger partial charge in [-0.25, -0.2) is 0 Å². The van der Waals surface area contributed by atoms with Gasteiger partial charge in [0.05, 0.1) is 12.3 Å². The first-order valence-corrected chi connectivity index (χ1v) is 6.56. The van der Waals surface area contributed by atoms with E-state index in [9.17, 15) is 4.79 Å². The maximum Gasteiger partial charge on any atom is 0.226 e. The highest BCUT2D eigenvalue weighted by molar-refractivity contribution is 5.99. The fourth-order valence-electron chi connectivity index (χ4n) is 2.77. The highest BCUT2D eigenvalue weighted by Gasteiger charge is 2.41. The summed E-state index contributed by atoms with van der Waals surface area (Å²) in [7, 11) is 0. The third-order valence-corrected chi connectivity index (χ3v) is 3.80. The van der Waals surface area contributed by atoms with Gasteiger partial charge in [0.25, 0.3) is 0 Å². The van der Waals surface area contributed by atoms with Crippen molar-refractivity contribution in [3.63, 3.8) is 0 Å². The number of nitrogens with one attached hydrogen (secondary N) is 2. The normalized spacial score (nSPS) is 20.2. The first kappa shape index (κ1) is 11.4. The molecule has 1 aliphatic heterocycles. The van der Waals surface area contributed by atoms with Gasteiger partial charge in [0.2, 0.25) is 5.91 Å². The topological polar surface area (TPSA) is 50.4 Å². The van der Waals surface area contributed by atoms with Crippen LogP contribution in [0.1, 0.15) is 32.6 Å². The van der Waals surface area contributed by atoms with Gasteiger partial charge in [-0.2, -0.15) is 0 Å². The molecule has 0 bridgehead atoms. The van der Waals surface area contributed by atoms with Crippen molar-refractivity contribution in [2.45, 2.75) is 38.1 Å². The monoisotopic (exact) mass is 246 g/mol. The summed E-state index contributed by atoms with van der Waals surface area (Å²) in [5.74, 6) is 0.820. The molecule has 1 aromatic carbocycles. The average Bonchev–Trinajstić information content (AvgIpc) is 2.45. The minimum absolute atomic E-state index is 0.0276. The zero-order chi connectivity index (χ0) is 12.6. The molecule has 0 atom stereocenters. The Morgan fingerprint density at radius 3 is 2.89 bits per heavy atom. The highest BCUT2D eigenvalue weighted by atomic mass is 16.5. The number of amides is 1. The summed E-state index contributed by atoms with van der Waals surface area (Å²) in [6, 6.07) is 5.85. The Morgan fingerprint density at radius 1 is 1.39 bits per heavy atom. The first-order valence-electron chi connectivity index (χ1n) is 6.56. The van der Waals surface area contributed by atoms with Gasteiger partial charge < -0.3 is 15.4 Å². The minimum atomic E-state index is -0.0276. The zero-order valence-electron chi connectivity index (χ0n) is 10.6. The van der Waals surface area contributed by atoms with E-state index in [0.29, 0.717) is 13.0 Å². The SMILES string of the molecule is CCOc1cccc2c1NC(=O)CC1(CCC1)N2. The van der Waals surface area contributed by atoms with Crippen molar-refractivity contribution >= 4 is 17.3 Å². The van der Waals surface area contributed by atoms with Crippen molar-refractivity contribution in [3.8, 4) is 5.75 Å². The molecule has 1 amide bonds. The van der Waals surface area contributed by atoms with Crippen LogP contribution in [0.3, 0.4) is 0 Å². The molecule has 4 heteroatoms. The molecule has 4 nitrogen and oxygen atoms in total. The summed E-state index contributed by atoms with van der Waals surface area (Å²) < 4.78 is 5.57. The van der Waals surface area contributed by atoms with E-state index in [1.165, 1.54) is 6.42 Å². The standard InChI is InChI=1S/C14H18N2O2/c1-2-18-11-6-3-5-10-13(11)15-12(17)9-14(16-10)7-4-8-14/h3,5-6,16H,2,4,7-9H2,1H3,(H,15,17). The van der Waals surface area contributed by atoms with Crippen molar-refractivity contribution in [1.29, 1.82) is 0 Å². The minimum Gasteiger partial charge on any atom is -0.492 e. The quantitative estimate of drug-likeness (QED) is 0.843. The number of carbonyl (C=O) groups is 1. The Morgan fingerprint density at radius 2 is 2.22 bits per heavy atom. The summed E-state index contributed by atoms with van der Waals surface area (Å²) in [5, 5.41) is 6.51. The van der Waals surface area contributed by atoms with E-state index in [4.69, 9.17) is 4.74 Å². The maximum absolute atomic E-state index is 12.0. The molecular formula is C14H18N2O2. The summed E-state index contributed by atoms with van der Waals surface area (Å²) in [6.07, 6.45) is 3.88. The van der Waals surface area contributed by atoms with Crippen LogP contribution in [-0.4, -0.2) is 18.1 Å². The van der Waals surface area contributed by atoms with Crippen LogP contribution in [0.4, 0.5) is 11.4 Å². The lowest BCUT2D eigenvalue weighted by Crippen LogP contribution is -2.46. The Bertz CT molecular complexity index is 481. The first-order chi connectivity index (χ1) is 8.72. The zero-order valence-corrected chi connectivity index (χ0v) is 10.6. The van der Waals surface area contributed by atoms with Crippen molar-refractivity contribution in [2.24, 2.45) is 0 Å². The molecule has 0 radical (unpaired) electrons. The van der Waals surface area contributed by atoms with Gasteiger partial charge >= 0.3 is 0 Å². The molecule has 2 aliphatic rings. The molecule has 1 aliphatic carbocycles. The van der Waals surface area contributed by atoms with Crippen molar-refractivity contribution < 1.29 is 9.53 Å². The summed E-state index contributed by atoms with van der Waals surface area (Å²) in [5.41, 5.74) is 1.74. The number of benzene rings is 1. The molecule has 1 aromatic rings. The van der Waals surface area contributed by atoms with E-state index in [1.807, 2.05) is 25.1 Å². The summed E-state index contributed by atoms with van der Waals surface area (Å²) in [6.45, 7) is 2.54. The summed E-state index contributed by atoms with van der Waals surface area (Å²) in [4.78, 5) is 12.0. The smallest absolute Gasteiger partial charge is 0.226 e. The van der Waals surface area contributed by atoms with Crippen molar-refractivity contribution in [3.05, 3.63) is 18.2 Å². The lowest BCUT2D eigenvalue weighted by atomic mass is 9.74. The van der Waals surface area contributed by atoms with Crippen LogP contribution in [0.5, 0.6) is 5.75 Å². The van der Waals surface area contributed by atoms with E-state index < -0.39 is 0 Å². The number of carbonyl (C=O) groups excluding carboxylic acids is 1. The highest BCUT2D eigenvalue weighted by Crippen LogP contribution is 2.44. The second-order valence-electron chi connectivity index (χ2n) is 5.10. The second-order valence-corrected chi connectivity index (χ2v) is 5.10. The maximum atomic E-state index is 12.0. The number of anilines is 2. The molecule has 96 valence electrons. The molecule has 0 unspecified atom stereocenters. The Hall–Kier alpha value is -1.71. The number of fused-ring (bicyclic) bond motifs is 1. The predicted molar refractivity (Wildman–Crippen MR) is 71.1 cm³/mol. The number of rotatable bonds is 2. The largest absolute Gasteiger partial charge is 0.492 e. The van der Waals surface area contributed by atoms with E-state index >= 15 is 0 Å². The van der Waals surface area contributed by atoms with Crippen LogP contribution in [0.25, 0.3) is 0 Å². The van der Waals surface area contributed by atoms with Crippen LogP contribution >= 0.6 is 0 Å². The molecule has 1 fully saturated rings. The van der Waals surface area contributed by atoms with Crippen molar-refractivity contribution in [1.82, 2.24) is 0 Å². The molecule has 1 saturated carbocycles. The van der Waals surface area contributed by atoms with Gasteiger partial charge in [0.15, 0.2) is 0 Å². The fraction of sp³-hybridized carbons (Fsp3) is 0.500. The van der Waals surface area contributed by atoms with Crippen LogP contribution in [0.15, 0.2) is 18.2 Å². The second kappa shape index (κ2) is 4.19. The molecule has 1 heterocycles. The third kappa shape index (κ3) is 1.82. The van der Waals surface area contributed by atoms with E-state index in [-0.39, 0.29) is 11.4 Å². The number of para-hydroxylation sites is 1. The van der Waals surface area contributed by atoms with Gasteiger partial charge in [0.1, 0.15) is 11.4 Å². The molecule has 3 rings (SSSR count). The lowest BCUT2D eigenvalue weighted by Gasteiger charge is -2.41. The van der Waals surface area contributed by atoms with E-state index in [0.717, 1.165) is 30.0 Å². The summed E-state index contributed by atoms with van der Waals surface area (Å²) >= 11 is 0. The average molecular weight is 246 g/mol. The Labute approximate surface area is 107 Å². The van der Waals surface area contributed by atoms with E-state index in [2.05, 4.69) is 10.6 Å². The molecule has 1 spiro atoms. The van der Waals surface area contributed by atoms with Gasteiger partial charge in [0, 0.05) is 12.0 Å². The molecular weight excluding hydrogens is 228 g/mol. The lowest BCUT2D eigenvalue weighted by molar-refractivity contribution is -0.117. The van der Waals surface area contributed by atoms with Crippen LogP contribution < -0.4 is 15.4 Å². The van der Waals surface area contributed by atoms with E-state index in [1.54, 1.807) is 0 Å². The van der Waals surface area contributed by atoms with Crippen molar-refractivity contribution in [2.75, 3.05) is 17.2 Å². The Kier molecular flexibility index (Phi) is 2.65. The van der Waals surface area contributed by atoms with Gasteiger partial charge in [-0.3, -0.25) is 4.79 Å². The fourth-order valence-corrected chi connectivity index (χ4v) is 2.77. The number of ether oxygens (including phenoxy) is 1. The number of hydrogen-bond donors (Lipinski definition) is 2. The molecule has 18 heavy (non-hydrogen) atoms. The Balaban J connectivity index is 2.00. The van der Waals surface area contributed by atoms with Gasteiger partial charge in [-0.15, -0.1) is 0 Å². The van der Waals surface area contributed by atoms with Crippen LogP contribution in [0.2, 0.25) is 0 Å².